The maximum atomic E-state index is 11.5. The maximum absolute atomic E-state index is 11.5. The van der Waals surface area contributed by atoms with Gasteiger partial charge in [-0.2, -0.15) is 11.8 Å². The lowest BCUT2D eigenvalue weighted by molar-refractivity contribution is -0.127. The van der Waals surface area contributed by atoms with Gasteiger partial charge in [0.25, 0.3) is 5.91 Å². The molecule has 0 aliphatic carbocycles. The summed E-state index contributed by atoms with van der Waals surface area (Å²) in [5, 5.41) is 0. The fourth-order valence-electron chi connectivity index (χ4n) is 1.40. The number of urea groups is 1. The second-order valence-electron chi connectivity index (χ2n) is 3.09. The van der Waals surface area contributed by atoms with Gasteiger partial charge in [0.05, 0.1) is 0 Å². The molecule has 0 aromatic rings. The standard InChI is InChI=1S/C8H14N2O2S/c1-9-6(4-5-13-3)7(11)10(2)8(9)12/h6H,4-5H2,1-3H3. The van der Waals surface area contributed by atoms with Crippen LogP contribution in [-0.2, 0) is 4.79 Å². The van der Waals surface area contributed by atoms with Crippen LogP contribution in [0.1, 0.15) is 6.42 Å². The average Bonchev–Trinajstić information content (AvgIpc) is 2.30. The zero-order valence-electron chi connectivity index (χ0n) is 8.11. The molecule has 0 radical (unpaired) electrons. The van der Waals surface area contributed by atoms with Crippen molar-refractivity contribution in [1.82, 2.24) is 9.80 Å². The number of nitrogens with zero attached hydrogens (tertiary/aromatic N) is 2. The van der Waals surface area contributed by atoms with E-state index in [0.717, 1.165) is 12.2 Å². The molecule has 1 aliphatic rings. The highest BCUT2D eigenvalue weighted by atomic mass is 32.2. The van der Waals surface area contributed by atoms with E-state index in [2.05, 4.69) is 0 Å². The summed E-state index contributed by atoms with van der Waals surface area (Å²) in [6.45, 7) is 0. The zero-order valence-corrected chi connectivity index (χ0v) is 8.93. The molecule has 13 heavy (non-hydrogen) atoms. The summed E-state index contributed by atoms with van der Waals surface area (Å²) < 4.78 is 0. The molecule has 1 rings (SSSR count). The van der Waals surface area contributed by atoms with Crippen LogP contribution < -0.4 is 0 Å². The molecule has 0 N–H and O–H groups in total. The number of hydrogen-bond donors (Lipinski definition) is 0. The van der Waals surface area contributed by atoms with Crippen LogP contribution in [0.25, 0.3) is 0 Å². The predicted octanol–water partition coefficient (Wildman–Crippen LogP) is 0.632. The molecule has 0 aromatic heterocycles. The number of carbonyl (C=O) groups is 2. The minimum absolute atomic E-state index is 0.0819. The highest BCUT2D eigenvalue weighted by Gasteiger charge is 2.39. The fourth-order valence-corrected chi connectivity index (χ4v) is 1.86. The molecule has 1 unspecified atom stereocenters. The van der Waals surface area contributed by atoms with E-state index in [1.165, 1.54) is 16.8 Å². The second kappa shape index (κ2) is 4.00. The van der Waals surface area contributed by atoms with Crippen molar-refractivity contribution < 1.29 is 9.59 Å². The summed E-state index contributed by atoms with van der Waals surface area (Å²) in [6.07, 6.45) is 2.73. The second-order valence-corrected chi connectivity index (χ2v) is 4.07. The Bertz CT molecular complexity index is 232. The van der Waals surface area contributed by atoms with Crippen LogP contribution in [-0.4, -0.2) is 53.9 Å². The summed E-state index contributed by atoms with van der Waals surface area (Å²) in [4.78, 5) is 25.5. The molecular formula is C8H14N2O2S. The van der Waals surface area contributed by atoms with E-state index < -0.39 is 0 Å². The molecule has 0 aromatic carbocycles. The van der Waals surface area contributed by atoms with Crippen molar-refractivity contribution in [2.24, 2.45) is 0 Å². The first kappa shape index (κ1) is 10.4. The van der Waals surface area contributed by atoms with Gasteiger partial charge in [-0.15, -0.1) is 0 Å². The van der Waals surface area contributed by atoms with Crippen molar-refractivity contribution in [1.29, 1.82) is 0 Å². The van der Waals surface area contributed by atoms with Gasteiger partial charge in [-0.3, -0.25) is 9.69 Å². The lowest BCUT2D eigenvalue weighted by atomic mass is 10.2. The molecule has 1 aliphatic heterocycles. The van der Waals surface area contributed by atoms with Gasteiger partial charge in [0.1, 0.15) is 6.04 Å². The monoisotopic (exact) mass is 202 g/mol. The van der Waals surface area contributed by atoms with E-state index in [4.69, 9.17) is 0 Å². The van der Waals surface area contributed by atoms with Crippen LogP contribution in [0.2, 0.25) is 0 Å². The Morgan fingerprint density at radius 3 is 2.38 bits per heavy atom. The first-order valence-corrected chi connectivity index (χ1v) is 5.52. The number of likely N-dealkylation sites (N-methyl/N-ethyl adjacent to an activating group) is 2. The van der Waals surface area contributed by atoms with Crippen molar-refractivity contribution in [3.05, 3.63) is 0 Å². The molecule has 0 spiro atoms. The zero-order chi connectivity index (χ0) is 10.0. The van der Waals surface area contributed by atoms with Gasteiger partial charge in [0.15, 0.2) is 0 Å². The third kappa shape index (κ3) is 1.80. The smallest absolute Gasteiger partial charge is 0.315 e. The average molecular weight is 202 g/mol. The van der Waals surface area contributed by atoms with Crippen LogP contribution in [0.5, 0.6) is 0 Å². The van der Waals surface area contributed by atoms with Gasteiger partial charge in [-0.05, 0) is 18.4 Å². The Morgan fingerprint density at radius 2 is 2.00 bits per heavy atom. The quantitative estimate of drug-likeness (QED) is 0.630. The number of imide groups is 1. The minimum Gasteiger partial charge on any atom is -0.315 e. The topological polar surface area (TPSA) is 40.6 Å². The summed E-state index contributed by atoms with van der Waals surface area (Å²) in [6, 6.07) is -0.443. The van der Waals surface area contributed by atoms with Gasteiger partial charge in [0, 0.05) is 14.1 Å². The Morgan fingerprint density at radius 1 is 1.38 bits per heavy atom. The van der Waals surface area contributed by atoms with Crippen LogP contribution in [0, 0.1) is 0 Å². The Hall–Kier alpha value is -0.710. The maximum Gasteiger partial charge on any atom is 0.326 e. The van der Waals surface area contributed by atoms with Crippen molar-refractivity contribution in [3.8, 4) is 0 Å². The van der Waals surface area contributed by atoms with Crippen molar-refractivity contribution in [2.75, 3.05) is 26.1 Å². The van der Waals surface area contributed by atoms with E-state index in [1.807, 2.05) is 6.26 Å². The van der Waals surface area contributed by atoms with Crippen LogP contribution in [0.3, 0.4) is 0 Å². The summed E-state index contributed by atoms with van der Waals surface area (Å²) in [5.41, 5.74) is 0. The molecule has 5 heteroatoms. The Labute approximate surface area is 82.3 Å². The Kier molecular flexibility index (Phi) is 3.19. The number of carbonyl (C=O) groups excluding carboxylic acids is 2. The van der Waals surface area contributed by atoms with Crippen molar-refractivity contribution >= 4 is 23.7 Å². The summed E-state index contributed by atoms with van der Waals surface area (Å²) in [5.74, 6) is 0.823. The van der Waals surface area contributed by atoms with Crippen LogP contribution >= 0.6 is 11.8 Å². The number of thioether (sulfide) groups is 1. The van der Waals surface area contributed by atoms with Gasteiger partial charge in [-0.1, -0.05) is 0 Å². The van der Waals surface area contributed by atoms with Crippen LogP contribution in [0.4, 0.5) is 4.79 Å². The summed E-state index contributed by atoms with van der Waals surface area (Å²) >= 11 is 1.69. The SMILES string of the molecule is CSCCC1C(=O)N(C)C(=O)N1C. The third-order valence-corrected chi connectivity index (χ3v) is 2.91. The molecule has 0 bridgehead atoms. The normalized spacial score (nSPS) is 23.2. The molecule has 1 fully saturated rings. The van der Waals surface area contributed by atoms with E-state index in [1.54, 1.807) is 18.8 Å². The predicted molar refractivity (Wildman–Crippen MR) is 52.7 cm³/mol. The third-order valence-electron chi connectivity index (χ3n) is 2.27. The van der Waals surface area contributed by atoms with E-state index >= 15 is 0 Å². The highest BCUT2D eigenvalue weighted by Crippen LogP contribution is 2.17. The molecule has 1 atom stereocenters. The first-order valence-electron chi connectivity index (χ1n) is 4.13. The van der Waals surface area contributed by atoms with Gasteiger partial charge in [0.2, 0.25) is 0 Å². The molecule has 3 amide bonds. The number of amides is 3. The molecule has 74 valence electrons. The number of hydrogen-bond acceptors (Lipinski definition) is 3. The highest BCUT2D eigenvalue weighted by molar-refractivity contribution is 7.98. The van der Waals surface area contributed by atoms with E-state index in [-0.39, 0.29) is 18.0 Å². The lowest BCUT2D eigenvalue weighted by Crippen LogP contribution is -2.31. The van der Waals surface area contributed by atoms with E-state index in [0.29, 0.717) is 0 Å². The number of rotatable bonds is 3. The fraction of sp³-hybridized carbons (Fsp3) is 0.750. The molecule has 1 heterocycles. The largest absolute Gasteiger partial charge is 0.326 e. The molecule has 1 saturated heterocycles. The van der Waals surface area contributed by atoms with Crippen molar-refractivity contribution in [2.45, 2.75) is 12.5 Å². The molecule has 0 saturated carbocycles. The van der Waals surface area contributed by atoms with Gasteiger partial charge >= 0.3 is 6.03 Å². The van der Waals surface area contributed by atoms with E-state index in [9.17, 15) is 9.59 Å². The molecular weight excluding hydrogens is 188 g/mol. The summed E-state index contributed by atoms with van der Waals surface area (Å²) in [7, 11) is 3.20. The van der Waals surface area contributed by atoms with Gasteiger partial charge in [-0.25, -0.2) is 4.79 Å². The molecule has 4 nitrogen and oxygen atoms in total. The van der Waals surface area contributed by atoms with Crippen LogP contribution in [0.15, 0.2) is 0 Å². The minimum atomic E-state index is -0.245. The Balaban J connectivity index is 2.64. The lowest BCUT2D eigenvalue weighted by Gasteiger charge is -2.14. The first-order chi connectivity index (χ1) is 6.09. The van der Waals surface area contributed by atoms with Crippen molar-refractivity contribution in [3.63, 3.8) is 0 Å². The van der Waals surface area contributed by atoms with Gasteiger partial charge < -0.3 is 4.90 Å².